The van der Waals surface area contributed by atoms with E-state index in [1.54, 1.807) is 18.2 Å². The van der Waals surface area contributed by atoms with Crippen molar-refractivity contribution in [3.63, 3.8) is 0 Å². The number of carbonyl (C=O) groups is 1. The van der Waals surface area contributed by atoms with Gasteiger partial charge < -0.3 is 14.4 Å². The third-order valence-corrected chi connectivity index (χ3v) is 3.69. The van der Waals surface area contributed by atoms with Crippen LogP contribution in [0, 0.1) is 0 Å². The van der Waals surface area contributed by atoms with Crippen LogP contribution in [0.1, 0.15) is 38.1 Å². The van der Waals surface area contributed by atoms with Crippen LogP contribution in [0.25, 0.3) is 0 Å². The van der Waals surface area contributed by atoms with Crippen LogP contribution in [-0.4, -0.2) is 36.6 Å². The first kappa shape index (κ1) is 16.6. The van der Waals surface area contributed by atoms with Crippen molar-refractivity contribution in [3.05, 3.63) is 35.9 Å². The van der Waals surface area contributed by atoms with Gasteiger partial charge in [0.15, 0.2) is 0 Å². The number of quaternary nitrogens is 1. The molecule has 0 N–H and O–H groups in total. The summed E-state index contributed by atoms with van der Waals surface area (Å²) in [4.78, 5) is 10.1. The molecule has 0 bridgehead atoms. The molecule has 1 aromatic carbocycles. The van der Waals surface area contributed by atoms with Gasteiger partial charge in [0.2, 0.25) is 0 Å². The van der Waals surface area contributed by atoms with Crippen LogP contribution in [0.2, 0.25) is 0 Å². The lowest BCUT2D eigenvalue weighted by Crippen LogP contribution is -2.47. The summed E-state index contributed by atoms with van der Waals surface area (Å²) in [6.45, 7) is 14.2. The molecule has 0 spiro atoms. The first-order chi connectivity index (χ1) is 8.55. The topological polar surface area (TPSA) is 40.1 Å². The summed E-state index contributed by atoms with van der Waals surface area (Å²) in [6.07, 6.45) is 0. The van der Waals surface area contributed by atoms with Crippen LogP contribution in [0.15, 0.2) is 30.3 Å². The van der Waals surface area contributed by atoms with Crippen molar-refractivity contribution in [2.45, 2.75) is 27.7 Å². The van der Waals surface area contributed by atoms with E-state index in [1.807, 2.05) is 0 Å². The predicted molar refractivity (Wildman–Crippen MR) is 73.2 cm³/mol. The lowest BCUT2D eigenvalue weighted by Gasteiger charge is -2.34. The van der Waals surface area contributed by atoms with Gasteiger partial charge in [-0.3, -0.25) is 0 Å². The van der Waals surface area contributed by atoms with Crippen molar-refractivity contribution in [3.8, 4) is 0 Å². The van der Waals surface area contributed by atoms with Crippen LogP contribution in [0.5, 0.6) is 0 Å². The normalized spacial score (nSPS) is 10.4. The predicted octanol–water partition coefficient (Wildman–Crippen LogP) is 1.93. The Morgan fingerprint density at radius 3 is 1.50 bits per heavy atom. The number of aromatic carboxylic acids is 1. The van der Waals surface area contributed by atoms with Gasteiger partial charge in [0.1, 0.15) is 0 Å². The molecule has 0 saturated heterocycles. The molecule has 0 atom stereocenters. The molecule has 0 heterocycles. The fourth-order valence-corrected chi connectivity index (χ4v) is 1.92. The fraction of sp³-hybridized carbons (Fsp3) is 0.533. The van der Waals surface area contributed by atoms with Crippen LogP contribution >= 0.6 is 0 Å². The van der Waals surface area contributed by atoms with E-state index >= 15 is 0 Å². The van der Waals surface area contributed by atoms with Crippen LogP contribution in [0.4, 0.5) is 0 Å². The van der Waals surface area contributed by atoms with E-state index < -0.39 is 5.97 Å². The van der Waals surface area contributed by atoms with E-state index in [2.05, 4.69) is 27.7 Å². The highest BCUT2D eigenvalue weighted by Crippen LogP contribution is 2.03. The molecule has 3 heteroatoms. The molecule has 0 aliphatic heterocycles. The van der Waals surface area contributed by atoms with Crippen molar-refractivity contribution in [2.24, 2.45) is 0 Å². The molecule has 0 aliphatic carbocycles. The van der Waals surface area contributed by atoms with Gasteiger partial charge in [-0.25, -0.2) is 0 Å². The van der Waals surface area contributed by atoms with E-state index in [9.17, 15) is 9.90 Å². The number of carboxylic acids is 1. The van der Waals surface area contributed by atoms with Crippen molar-refractivity contribution >= 4 is 5.97 Å². The van der Waals surface area contributed by atoms with Gasteiger partial charge in [0, 0.05) is 0 Å². The lowest BCUT2D eigenvalue weighted by molar-refractivity contribution is -0.921. The summed E-state index contributed by atoms with van der Waals surface area (Å²) in [5, 5.41) is 10.1. The Balaban J connectivity index is 0.000000321. The number of rotatable bonds is 5. The Hall–Kier alpha value is -1.35. The standard InChI is InChI=1S/C8H20N.C7H6O2/c1-5-9(6-2,7-3)8-4;8-7(9)6-4-2-1-3-5-6/h5-8H2,1-4H3;1-5H,(H,8,9)/q+1;/p-1. The monoisotopic (exact) mass is 251 g/mol. The van der Waals surface area contributed by atoms with Gasteiger partial charge in [0.25, 0.3) is 0 Å². The number of hydrogen-bond acceptors (Lipinski definition) is 2. The second-order valence-electron chi connectivity index (χ2n) is 4.26. The van der Waals surface area contributed by atoms with Crippen molar-refractivity contribution in [1.82, 2.24) is 0 Å². The molecular weight excluding hydrogens is 226 g/mol. The molecule has 3 nitrogen and oxygen atoms in total. The van der Waals surface area contributed by atoms with Gasteiger partial charge in [-0.2, -0.15) is 0 Å². The highest BCUT2D eigenvalue weighted by Gasteiger charge is 2.16. The highest BCUT2D eigenvalue weighted by molar-refractivity contribution is 5.85. The lowest BCUT2D eigenvalue weighted by atomic mass is 10.2. The number of carboxylic acid groups (broad SMARTS) is 1. The van der Waals surface area contributed by atoms with Gasteiger partial charge in [-0.1, -0.05) is 30.3 Å². The average molecular weight is 251 g/mol. The van der Waals surface area contributed by atoms with Gasteiger partial charge in [-0.15, -0.1) is 0 Å². The van der Waals surface area contributed by atoms with Crippen molar-refractivity contribution < 1.29 is 14.4 Å². The smallest absolute Gasteiger partial charge is 0.0757 e. The summed E-state index contributed by atoms with van der Waals surface area (Å²) in [5.41, 5.74) is 0.220. The van der Waals surface area contributed by atoms with E-state index in [0.29, 0.717) is 0 Å². The number of carbonyl (C=O) groups excluding carboxylic acids is 1. The molecule has 102 valence electrons. The Morgan fingerprint density at radius 2 is 1.33 bits per heavy atom. The minimum Gasteiger partial charge on any atom is -0.545 e. The largest absolute Gasteiger partial charge is 0.545 e. The van der Waals surface area contributed by atoms with Crippen LogP contribution in [-0.2, 0) is 0 Å². The summed E-state index contributed by atoms with van der Waals surface area (Å²) < 4.78 is 1.28. The second kappa shape index (κ2) is 8.70. The zero-order chi connectivity index (χ0) is 14.0. The summed E-state index contributed by atoms with van der Waals surface area (Å²) in [6, 6.07) is 8.06. The zero-order valence-corrected chi connectivity index (χ0v) is 12.0. The third kappa shape index (κ3) is 5.32. The molecule has 18 heavy (non-hydrogen) atoms. The maximum absolute atomic E-state index is 10.1. The molecule has 1 aromatic rings. The Morgan fingerprint density at radius 1 is 0.944 bits per heavy atom. The quantitative estimate of drug-likeness (QED) is 0.750. The SMILES string of the molecule is CC[N+](CC)(CC)CC.O=C([O-])c1ccccc1. The van der Waals surface area contributed by atoms with E-state index in [0.717, 1.165) is 0 Å². The maximum Gasteiger partial charge on any atom is 0.0757 e. The van der Waals surface area contributed by atoms with Crippen molar-refractivity contribution in [2.75, 3.05) is 26.2 Å². The molecule has 0 fully saturated rings. The van der Waals surface area contributed by atoms with Crippen LogP contribution < -0.4 is 5.11 Å². The molecule has 0 amide bonds. The molecule has 0 saturated carbocycles. The third-order valence-electron chi connectivity index (χ3n) is 3.69. The number of hydrogen-bond donors (Lipinski definition) is 0. The van der Waals surface area contributed by atoms with E-state index in [1.165, 1.54) is 42.8 Å². The Kier molecular flexibility index (Phi) is 8.05. The number of nitrogens with zero attached hydrogens (tertiary/aromatic N) is 1. The summed E-state index contributed by atoms with van der Waals surface area (Å²) in [5.74, 6) is -1.13. The first-order valence-corrected chi connectivity index (χ1v) is 6.66. The average Bonchev–Trinajstić information content (AvgIpc) is 2.44. The second-order valence-corrected chi connectivity index (χ2v) is 4.26. The zero-order valence-electron chi connectivity index (χ0n) is 12.0. The first-order valence-electron chi connectivity index (χ1n) is 6.66. The minimum absolute atomic E-state index is 0.220. The molecule has 0 radical (unpaired) electrons. The molecule has 0 aliphatic rings. The van der Waals surface area contributed by atoms with Gasteiger partial charge in [0.05, 0.1) is 32.1 Å². The van der Waals surface area contributed by atoms with E-state index in [-0.39, 0.29) is 5.56 Å². The fourth-order valence-electron chi connectivity index (χ4n) is 1.92. The Bertz CT molecular complexity index is 314. The van der Waals surface area contributed by atoms with Crippen molar-refractivity contribution in [1.29, 1.82) is 0 Å². The summed E-state index contributed by atoms with van der Waals surface area (Å²) in [7, 11) is 0. The molecule has 0 unspecified atom stereocenters. The molecule has 1 rings (SSSR count). The van der Waals surface area contributed by atoms with Gasteiger partial charge in [-0.05, 0) is 33.3 Å². The minimum atomic E-state index is -1.13. The van der Waals surface area contributed by atoms with Crippen LogP contribution in [0.3, 0.4) is 0 Å². The maximum atomic E-state index is 10.1. The van der Waals surface area contributed by atoms with E-state index in [4.69, 9.17) is 0 Å². The molecule has 0 aromatic heterocycles. The number of benzene rings is 1. The van der Waals surface area contributed by atoms with Gasteiger partial charge >= 0.3 is 0 Å². The summed E-state index contributed by atoms with van der Waals surface area (Å²) >= 11 is 0. The Labute approximate surface area is 111 Å². The molecular formula is C15H25NO2. The highest BCUT2D eigenvalue weighted by atomic mass is 16.4.